The van der Waals surface area contributed by atoms with E-state index < -0.39 is 29.1 Å². The molecule has 2 rings (SSSR count). The molecule has 2 aromatic rings. The van der Waals surface area contributed by atoms with Gasteiger partial charge < -0.3 is 4.90 Å². The van der Waals surface area contributed by atoms with Crippen LogP contribution in [0.25, 0.3) is 5.69 Å². The Balaban J connectivity index is 2.03. The van der Waals surface area contributed by atoms with Crippen molar-refractivity contribution in [1.82, 2.24) is 14.8 Å². The minimum atomic E-state index is -4.36. The van der Waals surface area contributed by atoms with Crippen molar-refractivity contribution in [3.63, 3.8) is 0 Å². The van der Waals surface area contributed by atoms with Crippen LogP contribution in [0, 0.1) is 0 Å². The van der Waals surface area contributed by atoms with E-state index in [0.717, 1.165) is 0 Å². The van der Waals surface area contributed by atoms with Crippen LogP contribution >= 0.6 is 11.6 Å². The summed E-state index contributed by atoms with van der Waals surface area (Å²) in [6, 6.07) is 3.49. The monoisotopic (exact) mass is 422 g/mol. The fourth-order valence-electron chi connectivity index (χ4n) is 2.30. The Hall–Kier alpha value is -1.94. The zero-order valence-electron chi connectivity index (χ0n) is 14.4. The molecule has 0 spiro atoms. The summed E-state index contributed by atoms with van der Waals surface area (Å²) in [6.45, 7) is 2.02. The van der Waals surface area contributed by atoms with Gasteiger partial charge in [0.25, 0.3) is 0 Å². The lowest BCUT2D eigenvalue weighted by atomic mass is 10.3. The Morgan fingerprint density at radius 2 is 2.11 bits per heavy atom. The third-order valence-corrected chi connectivity index (χ3v) is 5.21. The summed E-state index contributed by atoms with van der Waals surface area (Å²) in [6.07, 6.45) is -0.877. The standard InChI is InChI=1S/C16H18ClF3N4O2S/c1-2-23(14(25)5-8-27(26)9-6-16(18,19)20)13-11-24(22-15(13)17)12-4-3-7-21-10-12/h3-4,7,10-11H,2,5-6,8-9H2,1H3. The molecule has 0 saturated carbocycles. The molecule has 0 radical (unpaired) electrons. The Kier molecular flexibility index (Phi) is 7.37. The van der Waals surface area contributed by atoms with E-state index in [9.17, 15) is 22.2 Å². The van der Waals surface area contributed by atoms with Crippen molar-refractivity contribution in [3.05, 3.63) is 35.9 Å². The Morgan fingerprint density at radius 1 is 1.37 bits per heavy atom. The number of pyridine rings is 1. The van der Waals surface area contributed by atoms with Gasteiger partial charge >= 0.3 is 6.18 Å². The average Bonchev–Trinajstić information content (AvgIpc) is 3.00. The third kappa shape index (κ3) is 6.31. The molecule has 1 unspecified atom stereocenters. The number of nitrogens with zero attached hydrogens (tertiary/aromatic N) is 4. The summed E-state index contributed by atoms with van der Waals surface area (Å²) < 4.78 is 49.7. The van der Waals surface area contributed by atoms with Crippen LogP contribution in [-0.2, 0) is 15.6 Å². The van der Waals surface area contributed by atoms with Gasteiger partial charge in [-0.25, -0.2) is 4.68 Å². The van der Waals surface area contributed by atoms with E-state index >= 15 is 0 Å². The lowest BCUT2D eigenvalue weighted by molar-refractivity contribution is -0.129. The molecule has 2 aromatic heterocycles. The van der Waals surface area contributed by atoms with E-state index in [-0.39, 0.29) is 29.8 Å². The zero-order chi connectivity index (χ0) is 20.0. The normalized spacial score (nSPS) is 12.8. The second kappa shape index (κ2) is 9.32. The maximum atomic E-state index is 12.4. The molecule has 0 N–H and O–H groups in total. The Bertz CT molecular complexity index is 799. The van der Waals surface area contributed by atoms with Crippen molar-refractivity contribution >= 4 is 34.0 Å². The highest BCUT2D eigenvalue weighted by molar-refractivity contribution is 7.84. The van der Waals surface area contributed by atoms with E-state index in [0.29, 0.717) is 11.4 Å². The first kappa shape index (κ1) is 21.4. The van der Waals surface area contributed by atoms with E-state index in [1.807, 2.05) is 0 Å². The number of rotatable bonds is 8. The molecule has 27 heavy (non-hydrogen) atoms. The highest BCUT2D eigenvalue weighted by Crippen LogP contribution is 2.26. The quantitative estimate of drug-likeness (QED) is 0.654. The molecule has 6 nitrogen and oxygen atoms in total. The number of halogens is 4. The summed E-state index contributed by atoms with van der Waals surface area (Å²) in [5.41, 5.74) is 1.02. The maximum absolute atomic E-state index is 12.4. The lowest BCUT2D eigenvalue weighted by Crippen LogP contribution is -2.31. The topological polar surface area (TPSA) is 68.1 Å². The molecule has 2 heterocycles. The fourth-order valence-corrected chi connectivity index (χ4v) is 3.59. The Labute approximate surface area is 161 Å². The predicted molar refractivity (Wildman–Crippen MR) is 97.6 cm³/mol. The predicted octanol–water partition coefficient (Wildman–Crippen LogP) is 3.36. The number of hydrogen-bond donors (Lipinski definition) is 0. The number of anilines is 1. The van der Waals surface area contributed by atoms with Crippen molar-refractivity contribution in [2.24, 2.45) is 0 Å². The van der Waals surface area contributed by atoms with Crippen LogP contribution < -0.4 is 4.90 Å². The zero-order valence-corrected chi connectivity index (χ0v) is 16.0. The molecule has 1 amide bonds. The van der Waals surface area contributed by atoms with Crippen molar-refractivity contribution in [1.29, 1.82) is 0 Å². The molecule has 0 bridgehead atoms. The van der Waals surface area contributed by atoms with E-state index in [1.54, 1.807) is 37.6 Å². The van der Waals surface area contributed by atoms with Crippen LogP contribution in [0.15, 0.2) is 30.7 Å². The van der Waals surface area contributed by atoms with Crippen molar-refractivity contribution in [2.75, 3.05) is 23.0 Å². The van der Waals surface area contributed by atoms with E-state index in [4.69, 9.17) is 11.6 Å². The van der Waals surface area contributed by atoms with Gasteiger partial charge in [-0.3, -0.25) is 14.0 Å². The molecule has 0 aromatic carbocycles. The minimum Gasteiger partial charge on any atom is -0.308 e. The molecule has 0 fully saturated rings. The van der Waals surface area contributed by atoms with Crippen molar-refractivity contribution in [2.45, 2.75) is 25.9 Å². The van der Waals surface area contributed by atoms with Crippen LogP contribution in [0.5, 0.6) is 0 Å². The summed E-state index contributed by atoms with van der Waals surface area (Å²) in [5.74, 6) is -1.03. The van der Waals surface area contributed by atoms with Gasteiger partial charge in [0.15, 0.2) is 5.15 Å². The lowest BCUT2D eigenvalue weighted by Gasteiger charge is -2.19. The molecule has 0 aliphatic heterocycles. The number of amides is 1. The van der Waals surface area contributed by atoms with Crippen LogP contribution in [0.4, 0.5) is 18.9 Å². The van der Waals surface area contributed by atoms with Gasteiger partial charge in [0.05, 0.1) is 24.5 Å². The SMILES string of the molecule is CCN(C(=O)CCS(=O)CCC(F)(F)F)c1cn(-c2cccnc2)nc1Cl. The number of alkyl halides is 3. The number of hydrogen-bond acceptors (Lipinski definition) is 4. The first-order chi connectivity index (χ1) is 12.7. The van der Waals surface area contributed by atoms with E-state index in [2.05, 4.69) is 10.1 Å². The smallest absolute Gasteiger partial charge is 0.308 e. The van der Waals surface area contributed by atoms with Gasteiger partial charge in [0.1, 0.15) is 5.69 Å². The molecule has 148 valence electrons. The number of aromatic nitrogens is 3. The van der Waals surface area contributed by atoms with Crippen LogP contribution in [-0.4, -0.2) is 49.1 Å². The number of carbonyl (C=O) groups excluding carboxylic acids is 1. The average molecular weight is 423 g/mol. The van der Waals surface area contributed by atoms with Crippen molar-refractivity contribution < 1.29 is 22.2 Å². The maximum Gasteiger partial charge on any atom is 0.390 e. The molecule has 11 heteroatoms. The summed E-state index contributed by atoms with van der Waals surface area (Å²) >= 11 is 6.14. The summed E-state index contributed by atoms with van der Waals surface area (Å²) in [4.78, 5) is 17.8. The number of carbonyl (C=O) groups is 1. The summed E-state index contributed by atoms with van der Waals surface area (Å²) in [5, 5.41) is 4.25. The van der Waals surface area contributed by atoms with Crippen LogP contribution in [0.2, 0.25) is 5.15 Å². The molecule has 0 aliphatic carbocycles. The van der Waals surface area contributed by atoms with Gasteiger partial charge in [-0.1, -0.05) is 11.6 Å². The van der Waals surface area contributed by atoms with Gasteiger partial charge in [0, 0.05) is 41.5 Å². The van der Waals surface area contributed by atoms with Gasteiger partial charge in [-0.2, -0.15) is 18.3 Å². The third-order valence-electron chi connectivity index (χ3n) is 3.63. The highest BCUT2D eigenvalue weighted by atomic mass is 35.5. The van der Waals surface area contributed by atoms with Crippen molar-refractivity contribution in [3.8, 4) is 5.69 Å². The molecular weight excluding hydrogens is 405 g/mol. The van der Waals surface area contributed by atoms with Gasteiger partial charge in [-0.15, -0.1) is 0 Å². The minimum absolute atomic E-state index is 0.104. The fraction of sp³-hybridized carbons (Fsp3) is 0.438. The van der Waals surface area contributed by atoms with E-state index in [1.165, 1.54) is 9.58 Å². The van der Waals surface area contributed by atoms with Gasteiger partial charge in [-0.05, 0) is 19.1 Å². The second-order valence-electron chi connectivity index (χ2n) is 5.56. The first-order valence-electron chi connectivity index (χ1n) is 8.09. The molecule has 0 aliphatic rings. The largest absolute Gasteiger partial charge is 0.390 e. The first-order valence-corrected chi connectivity index (χ1v) is 9.95. The van der Waals surface area contributed by atoms with Crippen LogP contribution in [0.3, 0.4) is 0 Å². The second-order valence-corrected chi connectivity index (χ2v) is 7.62. The summed E-state index contributed by atoms with van der Waals surface area (Å²) in [7, 11) is -1.72. The molecule has 0 saturated heterocycles. The molecule has 1 atom stereocenters. The van der Waals surface area contributed by atoms with Gasteiger partial charge in [0.2, 0.25) is 5.91 Å². The molecular formula is C16H18ClF3N4O2S. The van der Waals surface area contributed by atoms with Crippen LogP contribution in [0.1, 0.15) is 19.8 Å². The highest BCUT2D eigenvalue weighted by Gasteiger charge is 2.28. The Morgan fingerprint density at radius 3 is 2.70 bits per heavy atom.